The molecule has 1 aromatic carbocycles. The Morgan fingerprint density at radius 1 is 1.23 bits per heavy atom. The lowest BCUT2D eigenvalue weighted by Crippen LogP contribution is -2.18. The molecule has 0 aromatic heterocycles. The lowest BCUT2D eigenvalue weighted by molar-refractivity contribution is 0.622. The lowest BCUT2D eigenvalue weighted by atomic mass is 9.98. The van der Waals surface area contributed by atoms with E-state index >= 15 is 0 Å². The first-order valence-electron chi connectivity index (χ1n) is 4.40. The van der Waals surface area contributed by atoms with E-state index in [0.29, 0.717) is 0 Å². The predicted molar refractivity (Wildman–Crippen MR) is 65.1 cm³/mol. The zero-order chi connectivity index (χ0) is 9.03. The molecule has 0 aliphatic rings. The summed E-state index contributed by atoms with van der Waals surface area (Å²) < 4.78 is 0.140. The van der Waals surface area contributed by atoms with E-state index in [0.717, 1.165) is 12.8 Å². The lowest BCUT2D eigenvalue weighted by Gasteiger charge is -2.21. The summed E-state index contributed by atoms with van der Waals surface area (Å²) >= 11 is 4.60. The molecule has 0 saturated heterocycles. The van der Waals surface area contributed by atoms with Gasteiger partial charge in [-0.1, -0.05) is 44.2 Å². The van der Waals surface area contributed by atoms with Crippen LogP contribution in [0, 0.1) is 0 Å². The zero-order valence-corrected chi connectivity index (χ0v) is 9.87. The summed E-state index contributed by atoms with van der Waals surface area (Å²) in [6, 6.07) is 10.5. The number of hydrogen-bond donors (Lipinski definition) is 1. The number of rotatable bonds is 3. The van der Waals surface area contributed by atoms with Gasteiger partial charge >= 0.3 is 0 Å². The van der Waals surface area contributed by atoms with Gasteiger partial charge in [0.25, 0.3) is 0 Å². The van der Waals surface area contributed by atoms with Crippen molar-refractivity contribution in [2.24, 2.45) is 0 Å². The van der Waals surface area contributed by atoms with Crippen molar-refractivity contribution in [1.82, 2.24) is 0 Å². The van der Waals surface area contributed by atoms with Gasteiger partial charge in [0.1, 0.15) is 0 Å². The van der Waals surface area contributed by atoms with Crippen LogP contribution in [0.3, 0.4) is 0 Å². The fourth-order valence-electron chi connectivity index (χ4n) is 1.16. The number of halogens is 1. The van der Waals surface area contributed by atoms with Crippen molar-refractivity contribution in [2.75, 3.05) is 0 Å². The highest BCUT2D eigenvalue weighted by molar-refractivity contribution is 7.81. The molecule has 0 saturated carbocycles. The van der Waals surface area contributed by atoms with Crippen molar-refractivity contribution < 1.29 is 0 Å². The van der Waals surface area contributed by atoms with Gasteiger partial charge in [-0.05, 0) is 18.4 Å². The van der Waals surface area contributed by atoms with E-state index in [4.69, 9.17) is 0 Å². The Hall–Kier alpha value is -0.140. The van der Waals surface area contributed by atoms with Crippen LogP contribution in [-0.2, 0) is 6.42 Å². The van der Waals surface area contributed by atoms with E-state index in [1.54, 1.807) is 0 Å². The van der Waals surface area contributed by atoms with Gasteiger partial charge < -0.3 is 0 Å². The van der Waals surface area contributed by atoms with E-state index in [9.17, 15) is 0 Å². The molecular weight excluding hydrogens is 200 g/mol. The van der Waals surface area contributed by atoms with Gasteiger partial charge in [-0.2, -0.15) is 12.6 Å². The van der Waals surface area contributed by atoms with Crippen LogP contribution in [0.2, 0.25) is 0 Å². The average Bonchev–Trinajstić information content (AvgIpc) is 2.06. The van der Waals surface area contributed by atoms with Crippen LogP contribution in [0.15, 0.2) is 30.3 Å². The molecule has 74 valence electrons. The molecule has 1 rings (SSSR count). The summed E-state index contributed by atoms with van der Waals surface area (Å²) in [6.07, 6.45) is 2.15. The summed E-state index contributed by atoms with van der Waals surface area (Å²) in [5.41, 5.74) is 1.37. The van der Waals surface area contributed by atoms with Crippen LogP contribution in [0.25, 0.3) is 0 Å². The van der Waals surface area contributed by atoms with Crippen molar-refractivity contribution in [2.45, 2.75) is 31.4 Å². The molecule has 2 heteroatoms. The Morgan fingerprint density at radius 3 is 2.23 bits per heavy atom. The smallest absolute Gasteiger partial charge is 0.0139 e. The van der Waals surface area contributed by atoms with Crippen molar-refractivity contribution in [3.63, 3.8) is 0 Å². The van der Waals surface area contributed by atoms with Crippen LogP contribution in [0.4, 0.5) is 0 Å². The first kappa shape index (κ1) is 12.9. The first-order valence-corrected chi connectivity index (χ1v) is 4.85. The maximum Gasteiger partial charge on any atom is 0.0139 e. The van der Waals surface area contributed by atoms with Crippen molar-refractivity contribution >= 4 is 25.0 Å². The Labute approximate surface area is 92.6 Å². The quantitative estimate of drug-likeness (QED) is 0.732. The van der Waals surface area contributed by atoms with Gasteiger partial charge in [-0.15, -0.1) is 12.4 Å². The fourth-order valence-corrected chi connectivity index (χ4v) is 1.34. The first-order chi connectivity index (χ1) is 5.64. The molecule has 0 bridgehead atoms. The van der Waals surface area contributed by atoms with Gasteiger partial charge in [-0.25, -0.2) is 0 Å². The highest BCUT2D eigenvalue weighted by Crippen LogP contribution is 2.23. The van der Waals surface area contributed by atoms with Crippen LogP contribution in [-0.4, -0.2) is 4.75 Å². The van der Waals surface area contributed by atoms with Gasteiger partial charge in [0.2, 0.25) is 0 Å². The maximum absolute atomic E-state index is 4.60. The Kier molecular flexibility index (Phi) is 5.50. The minimum absolute atomic E-state index is 0. The molecule has 0 amide bonds. The van der Waals surface area contributed by atoms with E-state index in [-0.39, 0.29) is 17.2 Å². The Morgan fingerprint density at radius 2 is 1.77 bits per heavy atom. The van der Waals surface area contributed by atoms with Crippen molar-refractivity contribution in [3.05, 3.63) is 35.9 Å². The summed E-state index contributed by atoms with van der Waals surface area (Å²) in [4.78, 5) is 0. The molecule has 0 nitrogen and oxygen atoms in total. The van der Waals surface area contributed by atoms with Gasteiger partial charge in [0.05, 0.1) is 0 Å². The van der Waals surface area contributed by atoms with E-state index in [2.05, 4.69) is 50.7 Å². The SMILES string of the molecule is CCC(C)(S)Cc1ccccc1.Cl. The molecule has 0 aliphatic heterocycles. The van der Waals surface area contributed by atoms with Crippen LogP contribution in [0.1, 0.15) is 25.8 Å². The van der Waals surface area contributed by atoms with E-state index in [1.807, 2.05) is 6.07 Å². The molecule has 0 radical (unpaired) electrons. The normalized spacial score (nSPS) is 14.4. The Bertz CT molecular complexity index is 231. The zero-order valence-electron chi connectivity index (χ0n) is 8.16. The topological polar surface area (TPSA) is 0 Å². The third-order valence-electron chi connectivity index (χ3n) is 2.19. The van der Waals surface area contributed by atoms with E-state index in [1.165, 1.54) is 5.56 Å². The minimum Gasteiger partial charge on any atom is -0.172 e. The second kappa shape index (κ2) is 5.56. The Balaban J connectivity index is 0.00000144. The molecule has 0 N–H and O–H groups in total. The van der Waals surface area contributed by atoms with E-state index < -0.39 is 0 Å². The van der Waals surface area contributed by atoms with Crippen molar-refractivity contribution in [1.29, 1.82) is 0 Å². The summed E-state index contributed by atoms with van der Waals surface area (Å²) in [5.74, 6) is 0. The minimum atomic E-state index is 0. The summed E-state index contributed by atoms with van der Waals surface area (Å²) in [5, 5.41) is 0. The van der Waals surface area contributed by atoms with Gasteiger partial charge in [0.15, 0.2) is 0 Å². The number of hydrogen-bond acceptors (Lipinski definition) is 1. The standard InChI is InChI=1S/C11H16S.ClH/c1-3-11(2,12)9-10-7-5-4-6-8-10;/h4-8,12H,3,9H2,1-2H3;1H. The molecule has 1 atom stereocenters. The number of thiol groups is 1. The van der Waals surface area contributed by atoms with Gasteiger partial charge in [-0.3, -0.25) is 0 Å². The average molecular weight is 217 g/mol. The van der Waals surface area contributed by atoms with Gasteiger partial charge in [0, 0.05) is 4.75 Å². The second-order valence-electron chi connectivity index (χ2n) is 3.51. The second-order valence-corrected chi connectivity index (χ2v) is 4.59. The largest absolute Gasteiger partial charge is 0.172 e. The monoisotopic (exact) mass is 216 g/mol. The molecule has 0 heterocycles. The molecular formula is C11H17ClS. The van der Waals surface area contributed by atoms with Crippen LogP contribution in [0.5, 0.6) is 0 Å². The molecule has 0 aliphatic carbocycles. The maximum atomic E-state index is 4.60. The molecule has 1 aromatic rings. The number of benzene rings is 1. The fraction of sp³-hybridized carbons (Fsp3) is 0.455. The predicted octanol–water partition coefficient (Wildman–Crippen LogP) is 3.75. The highest BCUT2D eigenvalue weighted by atomic mass is 35.5. The van der Waals surface area contributed by atoms with Crippen molar-refractivity contribution in [3.8, 4) is 0 Å². The van der Waals surface area contributed by atoms with Crippen LogP contribution >= 0.6 is 25.0 Å². The molecule has 0 fully saturated rings. The molecule has 13 heavy (non-hydrogen) atoms. The highest BCUT2D eigenvalue weighted by Gasteiger charge is 2.16. The molecule has 0 spiro atoms. The third kappa shape index (κ3) is 4.58. The third-order valence-corrected chi connectivity index (χ3v) is 2.66. The molecule has 1 unspecified atom stereocenters. The summed E-state index contributed by atoms with van der Waals surface area (Å²) in [6.45, 7) is 4.36. The van der Waals surface area contributed by atoms with Crippen LogP contribution < -0.4 is 0 Å². The summed E-state index contributed by atoms with van der Waals surface area (Å²) in [7, 11) is 0.